The van der Waals surface area contributed by atoms with Crippen molar-refractivity contribution in [2.24, 2.45) is 0 Å². The zero-order chi connectivity index (χ0) is 15.2. The number of benzene rings is 1. The van der Waals surface area contributed by atoms with E-state index in [0.717, 1.165) is 30.5 Å². The Kier molecular flexibility index (Phi) is 5.85. The highest BCUT2D eigenvalue weighted by atomic mass is 35.5. The second-order valence-electron chi connectivity index (χ2n) is 4.97. The summed E-state index contributed by atoms with van der Waals surface area (Å²) in [5, 5.41) is 4.69. The molecule has 5 heteroatoms. The average molecular weight is 324 g/mol. The van der Waals surface area contributed by atoms with E-state index in [1.807, 2.05) is 30.3 Å². The Morgan fingerprint density at radius 2 is 2.00 bits per heavy atom. The molecule has 0 saturated carbocycles. The van der Waals surface area contributed by atoms with Crippen LogP contribution >= 0.6 is 23.2 Å². The standard InChI is InChI=1S/C16H19Cl2N3/c1-2-6-20-15(8-11-5-7-21-16(19)9-11)12-3-4-13(17)14(18)10-12/h3-5,7,9-10,15,20H,2,6,8H2,1H3,(H2,19,21). The monoisotopic (exact) mass is 323 g/mol. The van der Waals surface area contributed by atoms with Crippen LogP contribution in [0, 0.1) is 0 Å². The molecule has 1 aromatic carbocycles. The van der Waals surface area contributed by atoms with Gasteiger partial charge in [-0.3, -0.25) is 0 Å². The molecular weight excluding hydrogens is 305 g/mol. The fourth-order valence-electron chi connectivity index (χ4n) is 2.21. The zero-order valence-corrected chi connectivity index (χ0v) is 13.5. The van der Waals surface area contributed by atoms with E-state index in [1.165, 1.54) is 0 Å². The number of nitrogens with two attached hydrogens (primary N) is 1. The van der Waals surface area contributed by atoms with Gasteiger partial charge in [-0.25, -0.2) is 4.98 Å². The highest BCUT2D eigenvalue weighted by molar-refractivity contribution is 6.42. The van der Waals surface area contributed by atoms with Crippen LogP contribution in [0.15, 0.2) is 36.5 Å². The maximum Gasteiger partial charge on any atom is 0.123 e. The van der Waals surface area contributed by atoms with Crippen molar-refractivity contribution >= 4 is 29.0 Å². The summed E-state index contributed by atoms with van der Waals surface area (Å²) >= 11 is 12.1. The van der Waals surface area contributed by atoms with Gasteiger partial charge in [0.2, 0.25) is 0 Å². The summed E-state index contributed by atoms with van der Waals surface area (Å²) in [6.45, 7) is 3.08. The van der Waals surface area contributed by atoms with Crippen molar-refractivity contribution in [1.29, 1.82) is 0 Å². The third-order valence-corrected chi connectivity index (χ3v) is 4.01. The molecule has 0 aliphatic carbocycles. The first kappa shape index (κ1) is 16.1. The first-order valence-electron chi connectivity index (χ1n) is 6.99. The average Bonchev–Trinajstić information content (AvgIpc) is 2.46. The Balaban J connectivity index is 2.22. The van der Waals surface area contributed by atoms with E-state index in [2.05, 4.69) is 17.2 Å². The predicted molar refractivity (Wildman–Crippen MR) is 89.9 cm³/mol. The normalized spacial score (nSPS) is 12.3. The van der Waals surface area contributed by atoms with Crippen LogP contribution < -0.4 is 11.1 Å². The second-order valence-corrected chi connectivity index (χ2v) is 5.79. The van der Waals surface area contributed by atoms with Gasteiger partial charge in [0.05, 0.1) is 10.0 Å². The van der Waals surface area contributed by atoms with E-state index in [9.17, 15) is 0 Å². The number of aromatic nitrogens is 1. The number of rotatable bonds is 6. The molecule has 0 radical (unpaired) electrons. The number of anilines is 1. The van der Waals surface area contributed by atoms with Gasteiger partial charge >= 0.3 is 0 Å². The van der Waals surface area contributed by atoms with E-state index >= 15 is 0 Å². The lowest BCUT2D eigenvalue weighted by Crippen LogP contribution is -2.24. The summed E-state index contributed by atoms with van der Waals surface area (Å²) in [5.74, 6) is 0.538. The molecule has 0 fully saturated rings. The number of halogens is 2. The Bertz CT molecular complexity index is 602. The quantitative estimate of drug-likeness (QED) is 0.835. The molecule has 112 valence electrons. The maximum atomic E-state index is 6.13. The van der Waals surface area contributed by atoms with Crippen molar-refractivity contribution in [2.45, 2.75) is 25.8 Å². The van der Waals surface area contributed by atoms with Crippen LogP contribution in [0.25, 0.3) is 0 Å². The SMILES string of the molecule is CCCNC(Cc1ccnc(N)c1)c1ccc(Cl)c(Cl)c1. The number of nitrogens with one attached hydrogen (secondary N) is 1. The van der Waals surface area contributed by atoms with Crippen LogP contribution in [0.5, 0.6) is 0 Å². The van der Waals surface area contributed by atoms with Crippen molar-refractivity contribution in [2.75, 3.05) is 12.3 Å². The topological polar surface area (TPSA) is 50.9 Å². The third kappa shape index (κ3) is 4.60. The van der Waals surface area contributed by atoms with E-state index in [1.54, 1.807) is 6.20 Å². The fourth-order valence-corrected chi connectivity index (χ4v) is 2.52. The van der Waals surface area contributed by atoms with Gasteiger partial charge < -0.3 is 11.1 Å². The molecule has 1 unspecified atom stereocenters. The minimum atomic E-state index is 0.168. The lowest BCUT2D eigenvalue weighted by atomic mass is 9.99. The predicted octanol–water partition coefficient (Wildman–Crippen LogP) is 4.25. The lowest BCUT2D eigenvalue weighted by molar-refractivity contribution is 0.529. The van der Waals surface area contributed by atoms with Crippen molar-refractivity contribution in [3.05, 3.63) is 57.7 Å². The molecule has 0 aliphatic rings. The Hall–Kier alpha value is -1.29. The number of pyridine rings is 1. The van der Waals surface area contributed by atoms with Crippen LogP contribution in [-0.4, -0.2) is 11.5 Å². The van der Waals surface area contributed by atoms with Gasteiger partial charge in [0.25, 0.3) is 0 Å². The van der Waals surface area contributed by atoms with Gasteiger partial charge in [-0.05, 0) is 54.8 Å². The summed E-state index contributed by atoms with van der Waals surface area (Å²) in [7, 11) is 0. The molecule has 2 aromatic rings. The van der Waals surface area contributed by atoms with Crippen LogP contribution in [0.2, 0.25) is 10.0 Å². The van der Waals surface area contributed by atoms with E-state index < -0.39 is 0 Å². The molecule has 21 heavy (non-hydrogen) atoms. The summed E-state index contributed by atoms with van der Waals surface area (Å²) < 4.78 is 0. The van der Waals surface area contributed by atoms with Crippen molar-refractivity contribution in [3.8, 4) is 0 Å². The fraction of sp³-hybridized carbons (Fsp3) is 0.312. The molecule has 3 N–H and O–H groups in total. The van der Waals surface area contributed by atoms with Gasteiger partial charge in [-0.15, -0.1) is 0 Å². The molecule has 1 aromatic heterocycles. The van der Waals surface area contributed by atoms with Gasteiger partial charge in [-0.2, -0.15) is 0 Å². The molecule has 0 spiro atoms. The van der Waals surface area contributed by atoms with Crippen LogP contribution in [-0.2, 0) is 6.42 Å². The summed E-state index contributed by atoms with van der Waals surface area (Å²) in [5.41, 5.74) is 8.01. The Labute approximate surface area is 135 Å². The number of hydrogen-bond acceptors (Lipinski definition) is 3. The molecule has 1 heterocycles. The summed E-state index contributed by atoms with van der Waals surface area (Å²) in [4.78, 5) is 4.03. The molecule has 3 nitrogen and oxygen atoms in total. The molecule has 0 amide bonds. The van der Waals surface area contributed by atoms with E-state index in [4.69, 9.17) is 28.9 Å². The Morgan fingerprint density at radius 3 is 2.67 bits per heavy atom. The maximum absolute atomic E-state index is 6.13. The smallest absolute Gasteiger partial charge is 0.123 e. The van der Waals surface area contributed by atoms with Gasteiger partial charge in [-0.1, -0.05) is 36.2 Å². The van der Waals surface area contributed by atoms with Gasteiger partial charge in [0, 0.05) is 12.2 Å². The lowest BCUT2D eigenvalue weighted by Gasteiger charge is -2.20. The van der Waals surface area contributed by atoms with E-state index in [0.29, 0.717) is 15.9 Å². The molecule has 2 rings (SSSR count). The van der Waals surface area contributed by atoms with Crippen LogP contribution in [0.1, 0.15) is 30.5 Å². The molecule has 0 saturated heterocycles. The summed E-state index contributed by atoms with van der Waals surface area (Å²) in [6, 6.07) is 9.81. The number of hydrogen-bond donors (Lipinski definition) is 2. The van der Waals surface area contributed by atoms with E-state index in [-0.39, 0.29) is 6.04 Å². The minimum absolute atomic E-state index is 0.168. The minimum Gasteiger partial charge on any atom is -0.384 e. The first-order valence-corrected chi connectivity index (χ1v) is 7.74. The molecule has 0 aliphatic heterocycles. The zero-order valence-electron chi connectivity index (χ0n) is 11.9. The largest absolute Gasteiger partial charge is 0.384 e. The van der Waals surface area contributed by atoms with Gasteiger partial charge in [0.15, 0.2) is 0 Å². The first-order chi connectivity index (χ1) is 10.1. The second kappa shape index (κ2) is 7.64. The number of nitrogens with zero attached hydrogens (tertiary/aromatic N) is 1. The van der Waals surface area contributed by atoms with Crippen molar-refractivity contribution in [1.82, 2.24) is 10.3 Å². The Morgan fingerprint density at radius 1 is 1.19 bits per heavy atom. The third-order valence-electron chi connectivity index (χ3n) is 3.27. The molecular formula is C16H19Cl2N3. The number of nitrogen functional groups attached to an aromatic ring is 1. The van der Waals surface area contributed by atoms with Gasteiger partial charge in [0.1, 0.15) is 5.82 Å². The highest BCUT2D eigenvalue weighted by Crippen LogP contribution is 2.27. The summed E-state index contributed by atoms with van der Waals surface area (Å²) in [6.07, 6.45) is 3.62. The van der Waals surface area contributed by atoms with Crippen LogP contribution in [0.3, 0.4) is 0 Å². The molecule has 1 atom stereocenters. The van der Waals surface area contributed by atoms with Crippen molar-refractivity contribution in [3.63, 3.8) is 0 Å². The van der Waals surface area contributed by atoms with Crippen molar-refractivity contribution < 1.29 is 0 Å². The molecule has 0 bridgehead atoms. The van der Waals surface area contributed by atoms with Crippen LogP contribution in [0.4, 0.5) is 5.82 Å². The highest BCUT2D eigenvalue weighted by Gasteiger charge is 2.13.